The molecule has 1 aromatic carbocycles. The highest BCUT2D eigenvalue weighted by atomic mass is 15.1. The zero-order valence-corrected chi connectivity index (χ0v) is 9.54. The molecule has 2 heteroatoms. The lowest BCUT2D eigenvalue weighted by molar-refractivity contribution is 0.662. The Balaban J connectivity index is 3.01. The minimum Gasteiger partial charge on any atom is -0.398 e. The van der Waals surface area contributed by atoms with Crippen molar-refractivity contribution in [2.45, 2.75) is 33.2 Å². The molecule has 0 heterocycles. The van der Waals surface area contributed by atoms with E-state index in [1.54, 1.807) is 0 Å². The van der Waals surface area contributed by atoms with Crippen LogP contribution in [0.2, 0.25) is 0 Å². The summed E-state index contributed by atoms with van der Waals surface area (Å²) in [5.41, 5.74) is 9.16. The quantitative estimate of drug-likeness (QED) is 0.746. The number of nitrogens with two attached hydrogens (primary N) is 1. The van der Waals surface area contributed by atoms with Crippen molar-refractivity contribution in [2.75, 3.05) is 17.7 Å². The number of benzene rings is 1. The monoisotopic (exact) mass is 192 g/mol. The second kappa shape index (κ2) is 4.36. The van der Waals surface area contributed by atoms with Gasteiger partial charge in [-0.15, -0.1) is 0 Å². The number of anilines is 2. The van der Waals surface area contributed by atoms with E-state index < -0.39 is 0 Å². The van der Waals surface area contributed by atoms with Gasteiger partial charge in [0.15, 0.2) is 0 Å². The van der Waals surface area contributed by atoms with Gasteiger partial charge in [0.1, 0.15) is 0 Å². The molecule has 0 aliphatic rings. The number of hydrogen-bond donors (Lipinski definition) is 1. The van der Waals surface area contributed by atoms with Crippen LogP contribution in [0.3, 0.4) is 0 Å². The first-order valence-corrected chi connectivity index (χ1v) is 5.15. The molecule has 0 saturated heterocycles. The Morgan fingerprint density at radius 3 is 2.64 bits per heavy atom. The minimum atomic E-state index is 0.551. The second-order valence-corrected chi connectivity index (χ2v) is 3.86. The van der Waals surface area contributed by atoms with Crippen LogP contribution in [0.15, 0.2) is 18.2 Å². The first-order chi connectivity index (χ1) is 6.57. The molecular weight excluding hydrogens is 172 g/mol. The molecule has 1 atom stereocenters. The van der Waals surface area contributed by atoms with E-state index in [1.807, 2.05) is 12.1 Å². The summed E-state index contributed by atoms with van der Waals surface area (Å²) in [6, 6.07) is 6.63. The molecule has 0 aliphatic heterocycles. The highest BCUT2D eigenvalue weighted by molar-refractivity contribution is 5.64. The summed E-state index contributed by atoms with van der Waals surface area (Å²) in [6.45, 7) is 6.50. The lowest BCUT2D eigenvalue weighted by atomic mass is 10.1. The van der Waals surface area contributed by atoms with Crippen LogP contribution in [0.1, 0.15) is 25.8 Å². The average molecular weight is 192 g/mol. The molecule has 1 aromatic rings. The van der Waals surface area contributed by atoms with Crippen LogP contribution >= 0.6 is 0 Å². The van der Waals surface area contributed by atoms with Gasteiger partial charge < -0.3 is 10.6 Å². The van der Waals surface area contributed by atoms with E-state index in [1.165, 1.54) is 11.3 Å². The molecule has 0 spiro atoms. The first kappa shape index (κ1) is 10.9. The first-order valence-electron chi connectivity index (χ1n) is 5.15. The van der Waals surface area contributed by atoms with Gasteiger partial charge in [0.05, 0.1) is 0 Å². The normalized spacial score (nSPS) is 12.6. The van der Waals surface area contributed by atoms with E-state index in [-0.39, 0.29) is 0 Å². The van der Waals surface area contributed by atoms with Gasteiger partial charge in [-0.2, -0.15) is 0 Å². The molecule has 0 aromatic heterocycles. The topological polar surface area (TPSA) is 29.3 Å². The minimum absolute atomic E-state index is 0.551. The van der Waals surface area contributed by atoms with Gasteiger partial charge in [0, 0.05) is 24.5 Å². The summed E-state index contributed by atoms with van der Waals surface area (Å²) in [7, 11) is 2.12. The molecule has 2 N–H and O–H groups in total. The summed E-state index contributed by atoms with van der Waals surface area (Å²) in [5, 5.41) is 0. The maximum absolute atomic E-state index is 5.87. The zero-order valence-electron chi connectivity index (χ0n) is 9.54. The molecule has 1 rings (SSSR count). The van der Waals surface area contributed by atoms with Gasteiger partial charge in [-0.05, 0) is 38.0 Å². The third-order valence-electron chi connectivity index (χ3n) is 2.98. The third kappa shape index (κ3) is 2.00. The maximum atomic E-state index is 5.87. The summed E-state index contributed by atoms with van der Waals surface area (Å²) in [6.07, 6.45) is 1.14. The summed E-state index contributed by atoms with van der Waals surface area (Å²) in [5.74, 6) is 0. The predicted molar refractivity (Wildman–Crippen MR) is 63.7 cm³/mol. The molecule has 0 amide bonds. The van der Waals surface area contributed by atoms with Crippen molar-refractivity contribution in [3.8, 4) is 0 Å². The second-order valence-electron chi connectivity index (χ2n) is 3.86. The van der Waals surface area contributed by atoms with E-state index in [4.69, 9.17) is 5.73 Å². The van der Waals surface area contributed by atoms with Gasteiger partial charge in [-0.3, -0.25) is 0 Å². The Hall–Kier alpha value is -1.18. The van der Waals surface area contributed by atoms with Gasteiger partial charge >= 0.3 is 0 Å². The van der Waals surface area contributed by atoms with E-state index in [9.17, 15) is 0 Å². The highest BCUT2D eigenvalue weighted by Crippen LogP contribution is 2.25. The molecule has 0 radical (unpaired) electrons. The van der Waals surface area contributed by atoms with Gasteiger partial charge in [-0.1, -0.05) is 13.0 Å². The molecule has 1 unspecified atom stereocenters. The van der Waals surface area contributed by atoms with Crippen molar-refractivity contribution >= 4 is 11.4 Å². The molecule has 0 bridgehead atoms. The van der Waals surface area contributed by atoms with Crippen molar-refractivity contribution < 1.29 is 0 Å². The number of nitrogens with zero attached hydrogens (tertiary/aromatic N) is 1. The predicted octanol–water partition coefficient (Wildman–Crippen LogP) is 2.81. The molecule has 0 fully saturated rings. The molecular formula is C12H20N2. The standard InChI is InChI=1S/C12H20N2/c1-5-9(2)14(4)12-8-6-7-11(13)10(12)3/h6-9H,5,13H2,1-4H3. The van der Waals surface area contributed by atoms with Crippen LogP contribution in [0.25, 0.3) is 0 Å². The summed E-state index contributed by atoms with van der Waals surface area (Å²) < 4.78 is 0. The summed E-state index contributed by atoms with van der Waals surface area (Å²) >= 11 is 0. The largest absolute Gasteiger partial charge is 0.398 e. The lowest BCUT2D eigenvalue weighted by Gasteiger charge is -2.28. The van der Waals surface area contributed by atoms with E-state index in [2.05, 4.69) is 38.8 Å². The molecule has 0 saturated carbocycles. The van der Waals surface area contributed by atoms with Crippen molar-refractivity contribution in [1.29, 1.82) is 0 Å². The SMILES string of the molecule is CCC(C)N(C)c1cccc(N)c1C. The third-order valence-corrected chi connectivity index (χ3v) is 2.98. The smallest absolute Gasteiger partial charge is 0.0416 e. The highest BCUT2D eigenvalue weighted by Gasteiger charge is 2.10. The van der Waals surface area contributed by atoms with Crippen molar-refractivity contribution in [3.05, 3.63) is 23.8 Å². The fraction of sp³-hybridized carbons (Fsp3) is 0.500. The van der Waals surface area contributed by atoms with Gasteiger partial charge in [0.2, 0.25) is 0 Å². The number of rotatable bonds is 3. The van der Waals surface area contributed by atoms with Crippen LogP contribution in [0.5, 0.6) is 0 Å². The molecule has 0 aliphatic carbocycles. The Morgan fingerprint density at radius 1 is 1.43 bits per heavy atom. The average Bonchev–Trinajstić information content (AvgIpc) is 2.20. The van der Waals surface area contributed by atoms with Crippen molar-refractivity contribution in [3.63, 3.8) is 0 Å². The fourth-order valence-electron chi connectivity index (χ4n) is 1.53. The van der Waals surface area contributed by atoms with E-state index in [0.717, 1.165) is 12.1 Å². The van der Waals surface area contributed by atoms with Crippen molar-refractivity contribution in [2.24, 2.45) is 0 Å². The van der Waals surface area contributed by atoms with Gasteiger partial charge in [0.25, 0.3) is 0 Å². The molecule has 2 nitrogen and oxygen atoms in total. The molecule has 78 valence electrons. The van der Waals surface area contributed by atoms with Crippen LogP contribution < -0.4 is 10.6 Å². The summed E-state index contributed by atoms with van der Waals surface area (Å²) in [4.78, 5) is 2.28. The van der Waals surface area contributed by atoms with Crippen LogP contribution in [-0.2, 0) is 0 Å². The van der Waals surface area contributed by atoms with Crippen LogP contribution in [0.4, 0.5) is 11.4 Å². The fourth-order valence-corrected chi connectivity index (χ4v) is 1.53. The van der Waals surface area contributed by atoms with E-state index >= 15 is 0 Å². The Morgan fingerprint density at radius 2 is 2.07 bits per heavy atom. The number of nitrogen functional groups attached to an aromatic ring is 1. The Kier molecular flexibility index (Phi) is 3.39. The van der Waals surface area contributed by atoms with Crippen LogP contribution in [-0.4, -0.2) is 13.1 Å². The number of hydrogen-bond acceptors (Lipinski definition) is 2. The maximum Gasteiger partial charge on any atom is 0.0416 e. The molecule has 14 heavy (non-hydrogen) atoms. The lowest BCUT2D eigenvalue weighted by Crippen LogP contribution is -2.28. The van der Waals surface area contributed by atoms with E-state index in [0.29, 0.717) is 6.04 Å². The van der Waals surface area contributed by atoms with Gasteiger partial charge in [-0.25, -0.2) is 0 Å². The van der Waals surface area contributed by atoms with Crippen molar-refractivity contribution in [1.82, 2.24) is 0 Å². The van der Waals surface area contributed by atoms with Crippen LogP contribution in [0, 0.1) is 6.92 Å². The Bertz CT molecular complexity index is 307. The Labute approximate surface area is 86.7 Å². The zero-order chi connectivity index (χ0) is 10.7.